The van der Waals surface area contributed by atoms with Crippen LogP contribution in [0.3, 0.4) is 0 Å². The summed E-state index contributed by atoms with van der Waals surface area (Å²) < 4.78 is 0. The van der Waals surface area contributed by atoms with Crippen LogP contribution in [-0.2, 0) is 16.1 Å². The molecule has 2 unspecified atom stereocenters. The maximum atomic E-state index is 13.1. The summed E-state index contributed by atoms with van der Waals surface area (Å²) in [6.07, 6.45) is 9.92. The van der Waals surface area contributed by atoms with E-state index in [1.807, 2.05) is 18.2 Å². The Morgan fingerprint density at radius 2 is 1.53 bits per heavy atom. The van der Waals surface area contributed by atoms with Gasteiger partial charge in [0.1, 0.15) is 0 Å². The number of nitrogens with zero attached hydrogens (tertiary/aromatic N) is 2. The highest BCUT2D eigenvalue weighted by Gasteiger charge is 2.37. The monoisotopic (exact) mass is 459 g/mol. The highest BCUT2D eigenvalue weighted by Crippen LogP contribution is 2.32. The first-order chi connectivity index (χ1) is 15.4. The van der Waals surface area contributed by atoms with E-state index in [2.05, 4.69) is 29.0 Å². The summed E-state index contributed by atoms with van der Waals surface area (Å²) in [6, 6.07) is 6.31. The van der Waals surface area contributed by atoms with Crippen molar-refractivity contribution in [3.05, 3.63) is 28.8 Å². The molecule has 2 atom stereocenters. The van der Waals surface area contributed by atoms with Crippen molar-refractivity contribution in [3.63, 3.8) is 0 Å². The molecule has 2 aliphatic carbocycles. The van der Waals surface area contributed by atoms with E-state index in [1.54, 1.807) is 0 Å². The molecule has 1 aromatic rings. The van der Waals surface area contributed by atoms with Crippen LogP contribution in [0.5, 0.6) is 0 Å². The molecule has 0 bridgehead atoms. The van der Waals surface area contributed by atoms with Crippen LogP contribution in [0.25, 0.3) is 0 Å². The van der Waals surface area contributed by atoms with E-state index in [9.17, 15) is 9.59 Å². The second-order valence-corrected chi connectivity index (χ2v) is 10.6. The van der Waals surface area contributed by atoms with Crippen molar-refractivity contribution in [1.82, 2.24) is 9.80 Å². The average Bonchev–Trinajstić information content (AvgIpc) is 3.31. The maximum Gasteiger partial charge on any atom is 0.227 e. The van der Waals surface area contributed by atoms with Gasteiger partial charge in [-0.1, -0.05) is 55.8 Å². The lowest BCUT2D eigenvalue weighted by molar-refractivity contribution is -0.143. The topological polar surface area (TPSA) is 52.7 Å². The van der Waals surface area contributed by atoms with E-state index in [0.717, 1.165) is 69.4 Å². The third-order valence-electron chi connectivity index (χ3n) is 7.66. The molecule has 1 saturated heterocycles. The molecule has 3 fully saturated rings. The predicted molar refractivity (Wildman–Crippen MR) is 130 cm³/mol. The molecule has 2 saturated carbocycles. The van der Waals surface area contributed by atoms with Gasteiger partial charge in [0, 0.05) is 43.6 Å². The minimum absolute atomic E-state index is 0.102. The molecule has 5 nitrogen and oxygen atoms in total. The Hall–Kier alpha value is -1.59. The third-order valence-corrected chi connectivity index (χ3v) is 8.11. The fourth-order valence-electron chi connectivity index (χ4n) is 6.02. The Morgan fingerprint density at radius 1 is 0.938 bits per heavy atom. The van der Waals surface area contributed by atoms with Gasteiger partial charge in [-0.25, -0.2) is 0 Å². The summed E-state index contributed by atoms with van der Waals surface area (Å²) in [7, 11) is 0. The van der Waals surface area contributed by atoms with Crippen molar-refractivity contribution in [2.75, 3.05) is 18.4 Å². The normalized spacial score (nSPS) is 25.8. The SMILES string of the molecule is CC1CN(Cc2cccc(NC(=O)C3CCCCC3)c2Cl)CC(C)N1C(=O)C1CCCC1. The van der Waals surface area contributed by atoms with Crippen LogP contribution >= 0.6 is 11.6 Å². The molecule has 0 aromatic heterocycles. The van der Waals surface area contributed by atoms with Crippen molar-refractivity contribution < 1.29 is 9.59 Å². The van der Waals surface area contributed by atoms with Gasteiger partial charge in [0.05, 0.1) is 10.7 Å². The number of hydrogen-bond donors (Lipinski definition) is 1. The lowest BCUT2D eigenvalue weighted by atomic mass is 9.88. The van der Waals surface area contributed by atoms with Gasteiger partial charge in [-0.15, -0.1) is 0 Å². The van der Waals surface area contributed by atoms with Crippen molar-refractivity contribution in [2.45, 2.75) is 90.3 Å². The van der Waals surface area contributed by atoms with Crippen LogP contribution in [0, 0.1) is 11.8 Å². The van der Waals surface area contributed by atoms with Crippen LogP contribution < -0.4 is 5.32 Å². The Kier molecular flexibility index (Phi) is 7.78. The number of carbonyl (C=O) groups excluding carboxylic acids is 2. The average molecular weight is 460 g/mol. The molecule has 32 heavy (non-hydrogen) atoms. The second-order valence-electron chi connectivity index (χ2n) is 10.2. The van der Waals surface area contributed by atoms with Crippen LogP contribution in [0.4, 0.5) is 5.69 Å². The molecule has 176 valence electrons. The molecular formula is C26H38ClN3O2. The zero-order chi connectivity index (χ0) is 22.7. The van der Waals surface area contributed by atoms with Gasteiger partial charge in [-0.3, -0.25) is 14.5 Å². The first-order valence-corrected chi connectivity index (χ1v) is 12.9. The fraction of sp³-hybridized carbons (Fsp3) is 0.692. The first kappa shape index (κ1) is 23.6. The molecule has 4 rings (SSSR count). The highest BCUT2D eigenvalue weighted by molar-refractivity contribution is 6.34. The summed E-state index contributed by atoms with van der Waals surface area (Å²) in [5.74, 6) is 0.790. The Morgan fingerprint density at radius 3 is 2.19 bits per heavy atom. The van der Waals surface area contributed by atoms with Crippen LogP contribution in [0.2, 0.25) is 5.02 Å². The molecule has 1 aromatic carbocycles. The lowest BCUT2D eigenvalue weighted by Crippen LogP contribution is -2.59. The predicted octanol–water partition coefficient (Wildman–Crippen LogP) is 5.47. The zero-order valence-corrected chi connectivity index (χ0v) is 20.4. The molecular weight excluding hydrogens is 422 g/mol. The smallest absolute Gasteiger partial charge is 0.227 e. The summed E-state index contributed by atoms with van der Waals surface area (Å²) in [5.41, 5.74) is 1.75. The van der Waals surface area contributed by atoms with Gasteiger partial charge in [0.25, 0.3) is 0 Å². The van der Waals surface area contributed by atoms with E-state index >= 15 is 0 Å². The molecule has 0 radical (unpaired) electrons. The van der Waals surface area contributed by atoms with Gasteiger partial charge >= 0.3 is 0 Å². The number of piperazine rings is 1. The van der Waals surface area contributed by atoms with Gasteiger partial charge in [-0.05, 0) is 51.2 Å². The molecule has 1 aliphatic heterocycles. The largest absolute Gasteiger partial charge is 0.334 e. The number of amides is 2. The molecule has 3 aliphatic rings. The van der Waals surface area contributed by atoms with Gasteiger partial charge < -0.3 is 10.2 Å². The molecule has 0 spiro atoms. The van der Waals surface area contributed by atoms with Gasteiger partial charge in [0.2, 0.25) is 11.8 Å². The van der Waals surface area contributed by atoms with E-state index in [4.69, 9.17) is 11.6 Å². The van der Waals surface area contributed by atoms with Crippen molar-refractivity contribution in [3.8, 4) is 0 Å². The first-order valence-electron chi connectivity index (χ1n) is 12.6. The number of benzene rings is 1. The van der Waals surface area contributed by atoms with Crippen molar-refractivity contribution in [1.29, 1.82) is 0 Å². The third kappa shape index (κ3) is 5.31. The summed E-state index contributed by atoms with van der Waals surface area (Å²) in [4.78, 5) is 30.3. The maximum absolute atomic E-state index is 13.1. The number of anilines is 1. The molecule has 2 amide bonds. The van der Waals surface area contributed by atoms with Crippen LogP contribution in [0.15, 0.2) is 18.2 Å². The van der Waals surface area contributed by atoms with Gasteiger partial charge in [0.15, 0.2) is 0 Å². The minimum Gasteiger partial charge on any atom is -0.334 e. The number of halogens is 1. The summed E-state index contributed by atoms with van der Waals surface area (Å²) >= 11 is 6.74. The van der Waals surface area contributed by atoms with E-state index < -0.39 is 0 Å². The Bertz CT molecular complexity index is 805. The van der Waals surface area contributed by atoms with E-state index in [0.29, 0.717) is 10.9 Å². The molecule has 6 heteroatoms. The molecule has 1 N–H and O–H groups in total. The Balaban J connectivity index is 1.38. The van der Waals surface area contributed by atoms with E-state index in [1.165, 1.54) is 19.3 Å². The fourth-order valence-corrected chi connectivity index (χ4v) is 6.25. The van der Waals surface area contributed by atoms with Gasteiger partial charge in [-0.2, -0.15) is 0 Å². The molecule has 1 heterocycles. The standard InChI is InChI=1S/C26H38ClN3O2/c1-18-15-29(16-19(2)30(18)26(32)21-11-6-7-12-21)17-22-13-8-14-23(24(22)27)28-25(31)20-9-4-3-5-10-20/h8,13-14,18-21H,3-7,9-12,15-17H2,1-2H3,(H,28,31). The Labute approximate surface area is 197 Å². The second kappa shape index (κ2) is 10.6. The number of nitrogens with one attached hydrogen (secondary N) is 1. The zero-order valence-electron chi connectivity index (χ0n) is 19.6. The van der Waals surface area contributed by atoms with Crippen LogP contribution in [-0.4, -0.2) is 46.8 Å². The van der Waals surface area contributed by atoms with E-state index in [-0.39, 0.29) is 29.8 Å². The number of carbonyl (C=O) groups is 2. The highest BCUT2D eigenvalue weighted by atomic mass is 35.5. The van der Waals surface area contributed by atoms with Crippen molar-refractivity contribution >= 4 is 29.1 Å². The number of hydrogen-bond acceptors (Lipinski definition) is 3. The van der Waals surface area contributed by atoms with Crippen LogP contribution in [0.1, 0.15) is 77.2 Å². The number of rotatable bonds is 5. The summed E-state index contributed by atoms with van der Waals surface area (Å²) in [6.45, 7) is 6.75. The minimum atomic E-state index is 0.102. The van der Waals surface area contributed by atoms with Crippen molar-refractivity contribution in [2.24, 2.45) is 11.8 Å². The quantitative estimate of drug-likeness (QED) is 0.635. The summed E-state index contributed by atoms with van der Waals surface area (Å²) in [5, 5.41) is 3.73. The lowest BCUT2D eigenvalue weighted by Gasteiger charge is -2.45.